The molecule has 0 aliphatic carbocycles. The van der Waals surface area contributed by atoms with Gasteiger partial charge in [-0.1, -0.05) is 5.16 Å². The minimum Gasteiger partial charge on any atom is -0.496 e. The van der Waals surface area contributed by atoms with E-state index in [1.165, 1.54) is 0 Å². The molecule has 1 saturated heterocycles. The Morgan fingerprint density at radius 3 is 2.65 bits per heavy atom. The van der Waals surface area contributed by atoms with Gasteiger partial charge in [-0.25, -0.2) is 0 Å². The van der Waals surface area contributed by atoms with E-state index in [1.54, 1.807) is 7.11 Å². The van der Waals surface area contributed by atoms with E-state index in [-0.39, 0.29) is 6.04 Å². The molecule has 106 valence electrons. The Balaban J connectivity index is 1.93. The highest BCUT2D eigenvalue weighted by atomic mass is 16.5. The molecule has 20 heavy (non-hydrogen) atoms. The number of rotatable bonds is 3. The minimum atomic E-state index is 0.205. The lowest BCUT2D eigenvalue weighted by Crippen LogP contribution is -2.12. The molecule has 1 fully saturated rings. The fourth-order valence-corrected chi connectivity index (χ4v) is 2.79. The second-order valence-corrected chi connectivity index (χ2v) is 5.25. The fraction of sp³-hybridized carbons (Fsp3) is 0.467. The van der Waals surface area contributed by atoms with Crippen LogP contribution in [-0.2, 0) is 0 Å². The Hall–Kier alpha value is -1.88. The lowest BCUT2D eigenvalue weighted by Gasteiger charge is -2.09. The summed E-state index contributed by atoms with van der Waals surface area (Å²) in [5, 5.41) is 7.46. The van der Waals surface area contributed by atoms with E-state index in [0.29, 0.717) is 11.7 Å². The molecule has 0 amide bonds. The van der Waals surface area contributed by atoms with Gasteiger partial charge in [0.2, 0.25) is 11.7 Å². The summed E-state index contributed by atoms with van der Waals surface area (Å²) >= 11 is 0. The van der Waals surface area contributed by atoms with Crippen LogP contribution >= 0.6 is 0 Å². The molecular weight excluding hydrogens is 254 g/mol. The zero-order chi connectivity index (χ0) is 14.1. The van der Waals surface area contributed by atoms with Crippen molar-refractivity contribution in [1.29, 1.82) is 0 Å². The number of benzene rings is 1. The molecule has 2 heterocycles. The molecule has 5 heteroatoms. The number of nitrogens with one attached hydrogen (secondary N) is 1. The van der Waals surface area contributed by atoms with Crippen LogP contribution in [0.1, 0.15) is 35.9 Å². The molecule has 0 saturated carbocycles. The van der Waals surface area contributed by atoms with E-state index in [4.69, 9.17) is 9.26 Å². The van der Waals surface area contributed by atoms with Crippen LogP contribution in [0.5, 0.6) is 5.75 Å². The molecule has 1 aliphatic rings. The number of hydrogen-bond acceptors (Lipinski definition) is 5. The summed E-state index contributed by atoms with van der Waals surface area (Å²) in [6.07, 6.45) is 2.21. The normalized spacial score (nSPS) is 18.4. The Bertz CT molecular complexity index is 592. The Kier molecular flexibility index (Phi) is 3.44. The van der Waals surface area contributed by atoms with Gasteiger partial charge in [0.05, 0.1) is 13.2 Å². The summed E-state index contributed by atoms with van der Waals surface area (Å²) in [7, 11) is 1.69. The zero-order valence-corrected chi connectivity index (χ0v) is 12.1. The average Bonchev–Trinajstić information content (AvgIpc) is 3.09. The third-order valence-corrected chi connectivity index (χ3v) is 3.72. The summed E-state index contributed by atoms with van der Waals surface area (Å²) < 4.78 is 10.8. The van der Waals surface area contributed by atoms with Gasteiger partial charge < -0.3 is 14.6 Å². The molecule has 1 unspecified atom stereocenters. The van der Waals surface area contributed by atoms with E-state index in [9.17, 15) is 0 Å². The topological polar surface area (TPSA) is 60.2 Å². The van der Waals surface area contributed by atoms with Crippen molar-refractivity contribution in [3.8, 4) is 17.1 Å². The van der Waals surface area contributed by atoms with Gasteiger partial charge in [-0.05, 0) is 56.5 Å². The second-order valence-electron chi connectivity index (χ2n) is 5.25. The van der Waals surface area contributed by atoms with Crippen LogP contribution < -0.4 is 10.1 Å². The number of ether oxygens (including phenoxy) is 1. The van der Waals surface area contributed by atoms with Crippen LogP contribution in [0.3, 0.4) is 0 Å². The van der Waals surface area contributed by atoms with Crippen molar-refractivity contribution in [3.05, 3.63) is 29.2 Å². The molecule has 0 radical (unpaired) electrons. The monoisotopic (exact) mass is 273 g/mol. The minimum absolute atomic E-state index is 0.205. The maximum absolute atomic E-state index is 5.38. The van der Waals surface area contributed by atoms with Crippen molar-refractivity contribution in [1.82, 2.24) is 15.5 Å². The van der Waals surface area contributed by atoms with Crippen LogP contribution in [0.4, 0.5) is 0 Å². The van der Waals surface area contributed by atoms with Gasteiger partial charge in [0.15, 0.2) is 0 Å². The average molecular weight is 273 g/mol. The van der Waals surface area contributed by atoms with Gasteiger partial charge in [-0.2, -0.15) is 4.98 Å². The first kappa shape index (κ1) is 13.1. The third-order valence-electron chi connectivity index (χ3n) is 3.72. The van der Waals surface area contributed by atoms with Crippen LogP contribution in [-0.4, -0.2) is 23.8 Å². The van der Waals surface area contributed by atoms with Gasteiger partial charge in [0.25, 0.3) is 0 Å². The smallest absolute Gasteiger partial charge is 0.244 e. The summed E-state index contributed by atoms with van der Waals surface area (Å²) in [4.78, 5) is 4.52. The lowest BCUT2D eigenvalue weighted by molar-refractivity contribution is 0.345. The highest BCUT2D eigenvalue weighted by Gasteiger charge is 2.23. The van der Waals surface area contributed by atoms with Crippen molar-refractivity contribution in [2.75, 3.05) is 13.7 Å². The molecule has 5 nitrogen and oxygen atoms in total. The Morgan fingerprint density at radius 1 is 1.30 bits per heavy atom. The summed E-state index contributed by atoms with van der Waals surface area (Å²) in [6, 6.07) is 4.27. The van der Waals surface area contributed by atoms with Gasteiger partial charge in [-0.15, -0.1) is 0 Å². The van der Waals surface area contributed by atoms with Crippen LogP contribution in [0, 0.1) is 13.8 Å². The predicted molar refractivity (Wildman–Crippen MR) is 75.7 cm³/mol. The van der Waals surface area contributed by atoms with Crippen molar-refractivity contribution in [2.45, 2.75) is 32.7 Å². The Morgan fingerprint density at radius 2 is 2.05 bits per heavy atom. The number of hydrogen-bond donors (Lipinski definition) is 1. The molecule has 2 aromatic rings. The SMILES string of the molecule is COc1c(C)cc(-c2noc(C3CCCN3)n2)cc1C. The molecule has 3 rings (SSSR count). The standard InChI is InChI=1S/C15H19N3O2/c1-9-7-11(8-10(2)13(9)19-3)14-17-15(20-18-14)12-5-4-6-16-12/h7-8,12,16H,4-6H2,1-3H3. The quantitative estimate of drug-likeness (QED) is 0.931. The Labute approximate surface area is 118 Å². The maximum Gasteiger partial charge on any atom is 0.244 e. The number of methoxy groups -OCH3 is 1. The number of nitrogens with zero attached hydrogens (tertiary/aromatic N) is 2. The maximum atomic E-state index is 5.38. The summed E-state index contributed by atoms with van der Waals surface area (Å²) in [5.74, 6) is 2.24. The largest absolute Gasteiger partial charge is 0.496 e. The first-order valence-corrected chi connectivity index (χ1v) is 6.91. The molecule has 1 aliphatic heterocycles. The van der Waals surface area contributed by atoms with E-state index in [2.05, 4.69) is 15.5 Å². The van der Waals surface area contributed by atoms with Gasteiger partial charge in [0.1, 0.15) is 5.75 Å². The molecule has 1 aromatic heterocycles. The molecule has 0 spiro atoms. The zero-order valence-electron chi connectivity index (χ0n) is 12.1. The summed E-state index contributed by atoms with van der Waals surface area (Å²) in [5.41, 5.74) is 3.12. The molecule has 0 bridgehead atoms. The summed E-state index contributed by atoms with van der Waals surface area (Å²) in [6.45, 7) is 5.06. The number of aryl methyl sites for hydroxylation is 2. The second kappa shape index (κ2) is 5.25. The molecule has 1 aromatic carbocycles. The molecule has 1 atom stereocenters. The van der Waals surface area contributed by atoms with Crippen molar-refractivity contribution >= 4 is 0 Å². The fourth-order valence-electron chi connectivity index (χ4n) is 2.79. The first-order valence-electron chi connectivity index (χ1n) is 6.91. The molecule has 1 N–H and O–H groups in total. The highest BCUT2D eigenvalue weighted by Crippen LogP contribution is 2.30. The first-order chi connectivity index (χ1) is 9.69. The van der Waals surface area contributed by atoms with Crippen molar-refractivity contribution in [3.63, 3.8) is 0 Å². The van der Waals surface area contributed by atoms with Gasteiger partial charge in [0, 0.05) is 5.56 Å². The van der Waals surface area contributed by atoms with Gasteiger partial charge in [-0.3, -0.25) is 0 Å². The van der Waals surface area contributed by atoms with Crippen LogP contribution in [0.2, 0.25) is 0 Å². The predicted octanol–water partition coefficient (Wildman–Crippen LogP) is 2.79. The van der Waals surface area contributed by atoms with E-state index >= 15 is 0 Å². The lowest BCUT2D eigenvalue weighted by atomic mass is 10.1. The van der Waals surface area contributed by atoms with Crippen molar-refractivity contribution < 1.29 is 9.26 Å². The van der Waals surface area contributed by atoms with E-state index in [0.717, 1.165) is 41.8 Å². The number of aromatic nitrogens is 2. The third kappa shape index (κ3) is 2.29. The van der Waals surface area contributed by atoms with Crippen molar-refractivity contribution in [2.24, 2.45) is 0 Å². The van der Waals surface area contributed by atoms with E-state index < -0.39 is 0 Å². The highest BCUT2D eigenvalue weighted by molar-refractivity contribution is 5.60. The van der Waals surface area contributed by atoms with Crippen LogP contribution in [0.25, 0.3) is 11.4 Å². The van der Waals surface area contributed by atoms with Gasteiger partial charge >= 0.3 is 0 Å². The van der Waals surface area contributed by atoms with Crippen LogP contribution in [0.15, 0.2) is 16.7 Å². The molecular formula is C15H19N3O2. The van der Waals surface area contributed by atoms with E-state index in [1.807, 2.05) is 26.0 Å².